The lowest BCUT2D eigenvalue weighted by atomic mass is 9.69. The molecule has 3 N–H and O–H groups in total. The molecule has 9 heteroatoms. The fraction of sp³-hybridized carbons (Fsp3) is 0.794. The van der Waals surface area contributed by atoms with Crippen LogP contribution in [0.2, 0.25) is 0 Å². The van der Waals surface area contributed by atoms with Gasteiger partial charge in [-0.05, 0) is 63.4 Å². The van der Waals surface area contributed by atoms with Gasteiger partial charge in [-0.2, -0.15) is 0 Å². The molecule has 4 aliphatic rings. The van der Waals surface area contributed by atoms with Crippen molar-refractivity contribution >= 4 is 5.97 Å². The number of esters is 1. The number of ether oxygens (including phenoxy) is 5. The third-order valence-electron chi connectivity index (χ3n) is 10.3. The lowest BCUT2D eigenvalue weighted by molar-refractivity contribution is -0.313. The Bertz CT molecular complexity index is 1070. The van der Waals surface area contributed by atoms with Crippen molar-refractivity contribution in [3.8, 4) is 0 Å². The number of hydrogen-bond acceptors (Lipinski definition) is 9. The molecule has 3 aliphatic carbocycles. The van der Waals surface area contributed by atoms with E-state index in [-0.39, 0.29) is 36.4 Å². The van der Waals surface area contributed by atoms with E-state index in [0.29, 0.717) is 24.9 Å². The van der Waals surface area contributed by atoms with Crippen LogP contribution in [0.3, 0.4) is 0 Å². The number of aliphatic hydroxyl groups excluding tert-OH is 3. The highest BCUT2D eigenvalue weighted by atomic mass is 16.7. The van der Waals surface area contributed by atoms with Crippen LogP contribution in [0.25, 0.3) is 0 Å². The minimum atomic E-state index is -1.47. The van der Waals surface area contributed by atoms with E-state index in [1.165, 1.54) is 18.1 Å². The summed E-state index contributed by atoms with van der Waals surface area (Å²) in [5.41, 5.74) is 2.85. The Morgan fingerprint density at radius 1 is 1.21 bits per heavy atom. The van der Waals surface area contributed by atoms with Gasteiger partial charge in [0.2, 0.25) is 0 Å². The first-order valence-electron chi connectivity index (χ1n) is 15.9. The zero-order chi connectivity index (χ0) is 31.7. The Hall–Kier alpha value is -1.59. The smallest absolute Gasteiger partial charge is 0.302 e. The Morgan fingerprint density at radius 2 is 1.93 bits per heavy atom. The number of hydrogen-bond donors (Lipinski definition) is 3. The maximum Gasteiger partial charge on any atom is 0.302 e. The van der Waals surface area contributed by atoms with Crippen molar-refractivity contribution in [2.75, 3.05) is 26.9 Å². The molecule has 244 valence electrons. The predicted molar refractivity (Wildman–Crippen MR) is 162 cm³/mol. The van der Waals surface area contributed by atoms with Gasteiger partial charge in [0.15, 0.2) is 6.29 Å². The molecule has 0 aromatic carbocycles. The van der Waals surface area contributed by atoms with Crippen LogP contribution in [-0.2, 0) is 28.5 Å². The van der Waals surface area contributed by atoms with Crippen LogP contribution in [-0.4, -0.2) is 90.6 Å². The van der Waals surface area contributed by atoms with Gasteiger partial charge in [-0.25, -0.2) is 0 Å². The van der Waals surface area contributed by atoms with E-state index in [0.717, 1.165) is 31.3 Å². The zero-order valence-corrected chi connectivity index (χ0v) is 27.1. The molecule has 0 aromatic rings. The second kappa shape index (κ2) is 13.8. The number of allylic oxidation sites excluding steroid dienone is 1. The van der Waals surface area contributed by atoms with E-state index in [1.807, 2.05) is 13.8 Å². The molecule has 9 nitrogen and oxygen atoms in total. The average molecular weight is 607 g/mol. The molecule has 4 rings (SSSR count). The number of fused-ring (bicyclic) bond motifs is 2. The Labute approximate surface area is 257 Å². The SMILES string of the molecule is C=CC(C)(C)OC[C@H]1O[C@H](OC2CC(C)C3CCC(COC)/C3=C/C3(C)CCC(C(C)COC(C)=O)=C23)[C@H](O)[C@@H](O)[C@@H]1O. The summed E-state index contributed by atoms with van der Waals surface area (Å²) in [6.07, 6.45) is 1.99. The van der Waals surface area contributed by atoms with E-state index in [9.17, 15) is 20.1 Å². The molecule has 1 aliphatic heterocycles. The normalized spacial score (nSPS) is 40.1. The molecule has 43 heavy (non-hydrogen) atoms. The van der Waals surface area contributed by atoms with Crippen molar-refractivity contribution in [1.82, 2.24) is 0 Å². The molecule has 0 radical (unpaired) electrons. The molecule has 0 bridgehead atoms. The standard InChI is InChI=1S/C34H54O9/c1-9-33(5,6)41-18-27-29(36)30(37)31(38)32(43-27)42-26-14-19(2)23-11-10-22(17-39-8)25(23)15-34(7)13-12-24(28(26)34)20(3)16-40-21(4)35/h9,15,19-20,22-23,26-27,29-32,36-38H,1,10-14,16-18H2,2-8H3/b25-15-/t19?,20?,22?,23?,26?,27-,29-,30+,31-,32+,34?/m1/s1. The van der Waals surface area contributed by atoms with Crippen molar-refractivity contribution in [1.29, 1.82) is 0 Å². The van der Waals surface area contributed by atoms with Crippen molar-refractivity contribution in [2.24, 2.45) is 29.1 Å². The monoisotopic (exact) mass is 606 g/mol. The Balaban J connectivity index is 1.70. The van der Waals surface area contributed by atoms with E-state index < -0.39 is 42.4 Å². The van der Waals surface area contributed by atoms with E-state index >= 15 is 0 Å². The maximum atomic E-state index is 11.7. The third kappa shape index (κ3) is 7.46. The summed E-state index contributed by atoms with van der Waals surface area (Å²) in [6.45, 7) is 16.5. The van der Waals surface area contributed by atoms with Gasteiger partial charge < -0.3 is 39.0 Å². The van der Waals surface area contributed by atoms with Crippen LogP contribution < -0.4 is 0 Å². The van der Waals surface area contributed by atoms with Gasteiger partial charge in [0.1, 0.15) is 24.4 Å². The summed E-state index contributed by atoms with van der Waals surface area (Å²) in [5, 5.41) is 32.7. The summed E-state index contributed by atoms with van der Waals surface area (Å²) < 4.78 is 29.8. The molecule has 11 atom stereocenters. The second-order valence-electron chi connectivity index (χ2n) is 14.0. The summed E-state index contributed by atoms with van der Waals surface area (Å²) in [7, 11) is 1.76. The molecule has 0 amide bonds. The van der Waals surface area contributed by atoms with Gasteiger partial charge >= 0.3 is 5.97 Å². The minimum Gasteiger partial charge on any atom is -0.465 e. The summed E-state index contributed by atoms with van der Waals surface area (Å²) in [5.74, 6) is 0.746. The molecule has 1 heterocycles. The predicted octanol–water partition coefficient (Wildman–Crippen LogP) is 4.10. The third-order valence-corrected chi connectivity index (χ3v) is 10.3. The first kappa shape index (κ1) is 34.3. The molecule has 2 fully saturated rings. The van der Waals surface area contributed by atoms with E-state index in [4.69, 9.17) is 23.7 Å². The van der Waals surface area contributed by atoms with Gasteiger partial charge in [-0.3, -0.25) is 4.79 Å². The van der Waals surface area contributed by atoms with Gasteiger partial charge in [0.25, 0.3) is 0 Å². The quantitative estimate of drug-likeness (QED) is 0.236. The molecule has 0 spiro atoms. The van der Waals surface area contributed by atoms with Crippen LogP contribution in [0.15, 0.2) is 35.5 Å². The van der Waals surface area contributed by atoms with Crippen molar-refractivity contribution in [3.05, 3.63) is 35.5 Å². The number of carbonyl (C=O) groups excluding carboxylic acids is 1. The van der Waals surface area contributed by atoms with Crippen molar-refractivity contribution in [3.63, 3.8) is 0 Å². The molecular formula is C34H54O9. The number of carbonyl (C=O) groups is 1. The summed E-state index contributed by atoms with van der Waals surface area (Å²) in [6, 6.07) is 0. The first-order valence-corrected chi connectivity index (χ1v) is 15.9. The first-order chi connectivity index (χ1) is 20.2. The average Bonchev–Trinajstić information content (AvgIpc) is 3.50. The molecule has 1 saturated heterocycles. The van der Waals surface area contributed by atoms with Gasteiger partial charge in [0, 0.05) is 31.3 Å². The lowest BCUT2D eigenvalue weighted by Crippen LogP contribution is -2.60. The lowest BCUT2D eigenvalue weighted by Gasteiger charge is -2.44. The van der Waals surface area contributed by atoms with Crippen LogP contribution in [0.4, 0.5) is 0 Å². The van der Waals surface area contributed by atoms with Gasteiger partial charge in [-0.15, -0.1) is 6.58 Å². The fourth-order valence-corrected chi connectivity index (χ4v) is 7.64. The second-order valence-corrected chi connectivity index (χ2v) is 14.0. The highest BCUT2D eigenvalue weighted by Gasteiger charge is 2.50. The largest absolute Gasteiger partial charge is 0.465 e. The van der Waals surface area contributed by atoms with Crippen molar-refractivity contribution in [2.45, 2.75) is 116 Å². The minimum absolute atomic E-state index is 0.00889. The van der Waals surface area contributed by atoms with Crippen molar-refractivity contribution < 1.29 is 43.8 Å². The number of rotatable bonds is 11. The fourth-order valence-electron chi connectivity index (χ4n) is 7.64. The zero-order valence-electron chi connectivity index (χ0n) is 27.1. The number of aliphatic hydroxyl groups is 3. The summed E-state index contributed by atoms with van der Waals surface area (Å²) in [4.78, 5) is 11.7. The molecule has 6 unspecified atom stereocenters. The highest BCUT2D eigenvalue weighted by molar-refractivity contribution is 5.65. The highest BCUT2D eigenvalue weighted by Crippen LogP contribution is 2.55. The van der Waals surface area contributed by atoms with Crippen LogP contribution in [0, 0.1) is 29.1 Å². The van der Waals surface area contributed by atoms with Crippen LogP contribution in [0.5, 0.6) is 0 Å². The maximum absolute atomic E-state index is 11.7. The Morgan fingerprint density at radius 3 is 2.58 bits per heavy atom. The molecule has 0 aromatic heterocycles. The van der Waals surface area contributed by atoms with Gasteiger partial charge in [-0.1, -0.05) is 44.1 Å². The van der Waals surface area contributed by atoms with Crippen LogP contribution in [0.1, 0.15) is 73.6 Å². The Kier molecular flexibility index (Phi) is 11.0. The van der Waals surface area contributed by atoms with E-state index in [1.54, 1.807) is 13.2 Å². The van der Waals surface area contributed by atoms with E-state index in [2.05, 4.69) is 33.4 Å². The number of methoxy groups -OCH3 is 1. The summed E-state index contributed by atoms with van der Waals surface area (Å²) >= 11 is 0. The van der Waals surface area contributed by atoms with Crippen LogP contribution >= 0.6 is 0 Å². The molecule has 1 saturated carbocycles. The molecular weight excluding hydrogens is 552 g/mol. The van der Waals surface area contributed by atoms with Gasteiger partial charge in [0.05, 0.1) is 31.5 Å². The topological polar surface area (TPSA) is 124 Å².